The van der Waals surface area contributed by atoms with Gasteiger partial charge in [-0.15, -0.1) is 0 Å². The molecule has 1 heterocycles. The van der Waals surface area contributed by atoms with Crippen LogP contribution in [0.5, 0.6) is 0 Å². The van der Waals surface area contributed by atoms with Crippen LogP contribution in [0.2, 0.25) is 0 Å². The standard InChI is InChI=1S/C25H28N2O7S/c28-23(27-12-13-35(32,33)16-17(27)14-24(29)30)10-5-11-26-25(31)34-15-22-20-8-3-1-6-18(20)19-7-2-4-9-21(19)22/h1-4,6-9,17,22H,5,10-16H2,(H,26,31)(H,29,30). The highest BCUT2D eigenvalue weighted by molar-refractivity contribution is 7.91. The summed E-state index contributed by atoms with van der Waals surface area (Å²) >= 11 is 0. The highest BCUT2D eigenvalue weighted by Gasteiger charge is 2.35. The van der Waals surface area contributed by atoms with Crippen LogP contribution in [0.4, 0.5) is 4.79 Å². The second-order valence-corrected chi connectivity index (χ2v) is 11.0. The van der Waals surface area contributed by atoms with Crippen LogP contribution in [0.1, 0.15) is 36.3 Å². The molecule has 1 fully saturated rings. The van der Waals surface area contributed by atoms with E-state index >= 15 is 0 Å². The van der Waals surface area contributed by atoms with Crippen molar-refractivity contribution in [1.82, 2.24) is 10.2 Å². The van der Waals surface area contributed by atoms with Gasteiger partial charge in [0.2, 0.25) is 5.91 Å². The molecule has 1 aliphatic carbocycles. The normalized spacial score (nSPS) is 18.4. The van der Waals surface area contributed by atoms with Crippen molar-refractivity contribution in [3.63, 3.8) is 0 Å². The molecular weight excluding hydrogens is 472 g/mol. The Kier molecular flexibility index (Phi) is 7.39. The molecule has 9 nitrogen and oxygen atoms in total. The Morgan fingerprint density at radius 2 is 1.66 bits per heavy atom. The molecule has 0 radical (unpaired) electrons. The van der Waals surface area contributed by atoms with Gasteiger partial charge in [-0.3, -0.25) is 9.59 Å². The van der Waals surface area contributed by atoms with E-state index in [1.807, 2.05) is 36.4 Å². The minimum absolute atomic E-state index is 0.0150. The van der Waals surface area contributed by atoms with E-state index < -0.39 is 34.4 Å². The van der Waals surface area contributed by atoms with Gasteiger partial charge >= 0.3 is 12.1 Å². The fraction of sp³-hybridized carbons (Fsp3) is 0.400. The summed E-state index contributed by atoms with van der Waals surface area (Å²) in [7, 11) is -3.36. The molecule has 2 N–H and O–H groups in total. The predicted octanol–water partition coefficient (Wildman–Crippen LogP) is 2.41. The molecule has 0 aromatic heterocycles. The van der Waals surface area contributed by atoms with Gasteiger partial charge in [0.25, 0.3) is 0 Å². The SMILES string of the molecule is O=C(O)CC1CS(=O)(=O)CCN1C(=O)CCCNC(=O)OCC1c2ccccc2-c2ccccc21. The maximum atomic E-state index is 12.6. The molecule has 1 aliphatic heterocycles. The molecule has 186 valence electrons. The van der Waals surface area contributed by atoms with Crippen LogP contribution in [-0.2, 0) is 24.2 Å². The Labute approximate surface area is 204 Å². The molecule has 4 rings (SSSR count). The fourth-order valence-corrected chi connectivity index (χ4v) is 6.33. The lowest BCUT2D eigenvalue weighted by atomic mass is 9.98. The zero-order valence-corrected chi connectivity index (χ0v) is 20.0. The third-order valence-corrected chi connectivity index (χ3v) is 8.14. The molecule has 2 aliphatic rings. The summed E-state index contributed by atoms with van der Waals surface area (Å²) in [6.45, 7) is 0.384. The summed E-state index contributed by atoms with van der Waals surface area (Å²) < 4.78 is 29.2. The number of carboxylic acids is 1. The molecule has 0 bridgehead atoms. The molecule has 2 aromatic rings. The first kappa shape index (κ1) is 24.7. The van der Waals surface area contributed by atoms with Gasteiger partial charge in [0.1, 0.15) is 6.61 Å². The summed E-state index contributed by atoms with van der Waals surface area (Å²) in [6, 6.07) is 15.2. The Hall–Kier alpha value is -3.40. The van der Waals surface area contributed by atoms with Gasteiger partial charge in [-0.2, -0.15) is 0 Å². The van der Waals surface area contributed by atoms with E-state index in [0.29, 0.717) is 6.42 Å². The third-order valence-electron chi connectivity index (χ3n) is 6.44. The summed E-state index contributed by atoms with van der Waals surface area (Å²) in [5.74, 6) is -2.03. The van der Waals surface area contributed by atoms with E-state index in [1.165, 1.54) is 4.90 Å². The van der Waals surface area contributed by atoms with Gasteiger partial charge in [-0.1, -0.05) is 48.5 Å². The zero-order valence-electron chi connectivity index (χ0n) is 19.2. The number of nitrogens with zero attached hydrogens (tertiary/aromatic N) is 1. The van der Waals surface area contributed by atoms with Crippen LogP contribution in [0, 0.1) is 0 Å². The average Bonchev–Trinajstić information content (AvgIpc) is 3.13. The number of rotatable bonds is 8. The van der Waals surface area contributed by atoms with E-state index in [4.69, 9.17) is 9.84 Å². The Balaban J connectivity index is 1.24. The molecule has 2 aromatic carbocycles. The fourth-order valence-electron chi connectivity index (χ4n) is 4.81. The number of amides is 2. The van der Waals surface area contributed by atoms with Crippen molar-refractivity contribution >= 4 is 27.8 Å². The van der Waals surface area contributed by atoms with Gasteiger partial charge in [-0.25, -0.2) is 13.2 Å². The highest BCUT2D eigenvalue weighted by atomic mass is 32.2. The van der Waals surface area contributed by atoms with Gasteiger partial charge in [0.15, 0.2) is 9.84 Å². The lowest BCUT2D eigenvalue weighted by molar-refractivity contribution is -0.140. The number of sulfone groups is 1. The van der Waals surface area contributed by atoms with Crippen molar-refractivity contribution in [1.29, 1.82) is 0 Å². The van der Waals surface area contributed by atoms with Crippen molar-refractivity contribution in [2.24, 2.45) is 0 Å². The summed E-state index contributed by atoms with van der Waals surface area (Å²) in [6.07, 6.45) is -0.596. The average molecular weight is 501 g/mol. The second-order valence-electron chi connectivity index (χ2n) is 8.81. The van der Waals surface area contributed by atoms with Crippen molar-refractivity contribution in [3.8, 4) is 11.1 Å². The summed E-state index contributed by atoms with van der Waals surface area (Å²) in [5.41, 5.74) is 4.52. The number of aliphatic carboxylic acids is 1. The number of carbonyl (C=O) groups excluding carboxylic acids is 2. The minimum atomic E-state index is -3.36. The molecule has 2 amide bonds. The molecule has 0 saturated carbocycles. The van der Waals surface area contributed by atoms with Crippen LogP contribution in [0.3, 0.4) is 0 Å². The number of carbonyl (C=O) groups is 3. The van der Waals surface area contributed by atoms with Gasteiger partial charge in [0.05, 0.1) is 24.0 Å². The first-order valence-corrected chi connectivity index (χ1v) is 13.4. The van der Waals surface area contributed by atoms with E-state index in [1.54, 1.807) is 0 Å². The molecule has 10 heteroatoms. The van der Waals surface area contributed by atoms with Gasteiger partial charge in [-0.05, 0) is 28.7 Å². The predicted molar refractivity (Wildman–Crippen MR) is 129 cm³/mol. The van der Waals surface area contributed by atoms with Crippen LogP contribution < -0.4 is 5.32 Å². The molecule has 0 spiro atoms. The smallest absolute Gasteiger partial charge is 0.407 e. The van der Waals surface area contributed by atoms with Crippen LogP contribution in [-0.4, -0.2) is 73.6 Å². The maximum absolute atomic E-state index is 12.6. The van der Waals surface area contributed by atoms with Gasteiger partial charge in [0, 0.05) is 25.4 Å². The summed E-state index contributed by atoms with van der Waals surface area (Å²) in [4.78, 5) is 37.2. The lowest BCUT2D eigenvalue weighted by Crippen LogP contribution is -2.52. The summed E-state index contributed by atoms with van der Waals surface area (Å²) in [5, 5.41) is 11.7. The lowest BCUT2D eigenvalue weighted by Gasteiger charge is -2.34. The van der Waals surface area contributed by atoms with Crippen LogP contribution in [0.15, 0.2) is 48.5 Å². The van der Waals surface area contributed by atoms with Crippen LogP contribution >= 0.6 is 0 Å². The van der Waals surface area contributed by atoms with Crippen molar-refractivity contribution < 1.29 is 32.6 Å². The van der Waals surface area contributed by atoms with Gasteiger partial charge < -0.3 is 20.1 Å². The second kappa shape index (κ2) is 10.5. The maximum Gasteiger partial charge on any atom is 0.407 e. The number of nitrogens with one attached hydrogen (secondary N) is 1. The minimum Gasteiger partial charge on any atom is -0.481 e. The Morgan fingerprint density at radius 3 is 2.29 bits per heavy atom. The molecule has 1 atom stereocenters. The number of carboxylic acid groups (broad SMARTS) is 1. The number of ether oxygens (including phenoxy) is 1. The topological polar surface area (TPSA) is 130 Å². The Bertz CT molecular complexity index is 1180. The number of fused-ring (bicyclic) bond motifs is 3. The van der Waals surface area contributed by atoms with Crippen molar-refractivity contribution in [3.05, 3.63) is 59.7 Å². The number of benzene rings is 2. The molecule has 1 saturated heterocycles. The van der Waals surface area contributed by atoms with E-state index in [2.05, 4.69) is 17.4 Å². The first-order chi connectivity index (χ1) is 16.7. The zero-order chi connectivity index (χ0) is 25.0. The molecule has 35 heavy (non-hydrogen) atoms. The van der Waals surface area contributed by atoms with Crippen LogP contribution in [0.25, 0.3) is 11.1 Å². The number of alkyl carbamates (subject to hydrolysis) is 1. The highest BCUT2D eigenvalue weighted by Crippen LogP contribution is 2.44. The monoisotopic (exact) mass is 500 g/mol. The molecule has 1 unspecified atom stereocenters. The van der Waals surface area contributed by atoms with E-state index in [-0.39, 0.29) is 49.4 Å². The molecular formula is C25H28N2O7S. The number of hydrogen-bond donors (Lipinski definition) is 2. The third kappa shape index (κ3) is 5.82. The quantitative estimate of drug-likeness (QED) is 0.532. The van der Waals surface area contributed by atoms with Crippen molar-refractivity contribution in [2.45, 2.75) is 31.2 Å². The largest absolute Gasteiger partial charge is 0.481 e. The number of hydrogen-bond acceptors (Lipinski definition) is 6. The van der Waals surface area contributed by atoms with Crippen molar-refractivity contribution in [2.75, 3.05) is 31.2 Å². The van der Waals surface area contributed by atoms with E-state index in [9.17, 15) is 22.8 Å². The Morgan fingerprint density at radius 1 is 1.03 bits per heavy atom. The van der Waals surface area contributed by atoms with E-state index in [0.717, 1.165) is 22.3 Å². The first-order valence-electron chi connectivity index (χ1n) is 11.6.